The fourth-order valence-electron chi connectivity index (χ4n) is 5.37. The quantitative estimate of drug-likeness (QED) is 0.505. The van der Waals surface area contributed by atoms with Crippen LogP contribution in [0.5, 0.6) is 0 Å². The third-order valence-corrected chi connectivity index (χ3v) is 7.62. The van der Waals surface area contributed by atoms with Crippen molar-refractivity contribution in [2.45, 2.75) is 63.3 Å². The zero-order valence-electron chi connectivity index (χ0n) is 19.8. The van der Waals surface area contributed by atoms with Gasteiger partial charge in [0.25, 0.3) is 5.91 Å². The second kappa shape index (κ2) is 8.17. The van der Waals surface area contributed by atoms with Gasteiger partial charge in [0.1, 0.15) is 5.60 Å². The van der Waals surface area contributed by atoms with Crippen molar-refractivity contribution >= 4 is 12.0 Å². The predicted octanol–water partition coefficient (Wildman–Crippen LogP) is 4.55. The molecule has 2 bridgehead atoms. The van der Waals surface area contributed by atoms with Gasteiger partial charge >= 0.3 is 0 Å². The smallest absolute Gasteiger partial charge is 0.251 e. The van der Waals surface area contributed by atoms with Crippen LogP contribution in [0.4, 0.5) is 0 Å². The summed E-state index contributed by atoms with van der Waals surface area (Å²) in [7, 11) is 0. The van der Waals surface area contributed by atoms with Crippen LogP contribution in [-0.2, 0) is 21.1 Å². The van der Waals surface area contributed by atoms with Crippen molar-refractivity contribution in [2.24, 2.45) is 5.41 Å². The lowest BCUT2D eigenvalue weighted by Gasteiger charge is -2.65. The highest BCUT2D eigenvalue weighted by molar-refractivity contribution is 5.94. The summed E-state index contributed by atoms with van der Waals surface area (Å²) < 4.78 is 6.43. The monoisotopic (exact) mass is 461 g/mol. The van der Waals surface area contributed by atoms with Crippen LogP contribution in [-0.4, -0.2) is 34.1 Å². The van der Waals surface area contributed by atoms with Gasteiger partial charge in [-0.05, 0) is 61.3 Å². The summed E-state index contributed by atoms with van der Waals surface area (Å²) >= 11 is 0. The molecular formula is C28H31NO5. The van der Waals surface area contributed by atoms with E-state index in [1.54, 1.807) is 18.2 Å². The molecule has 3 heterocycles. The Hall–Kier alpha value is -2.77. The summed E-state index contributed by atoms with van der Waals surface area (Å²) in [5, 5.41) is 13.8. The number of aliphatic hydroxyl groups is 1. The minimum atomic E-state index is -1.23. The van der Waals surface area contributed by atoms with Crippen molar-refractivity contribution in [1.29, 1.82) is 0 Å². The minimum absolute atomic E-state index is 0.126. The van der Waals surface area contributed by atoms with Crippen LogP contribution in [0.25, 0.3) is 6.08 Å². The number of carbonyl (C=O) groups is 1. The summed E-state index contributed by atoms with van der Waals surface area (Å²) in [4.78, 5) is 24.2. The van der Waals surface area contributed by atoms with Crippen LogP contribution < -0.4 is 5.32 Å². The van der Waals surface area contributed by atoms with E-state index in [0.29, 0.717) is 18.5 Å². The molecule has 0 radical (unpaired) electrons. The highest BCUT2D eigenvalue weighted by Gasteiger charge is 2.71. The number of nitrogens with one attached hydrogen (secondary N) is 1. The number of hydrogen-bond acceptors (Lipinski definition) is 5. The Balaban J connectivity index is 1.30. The van der Waals surface area contributed by atoms with Gasteiger partial charge in [0.15, 0.2) is 5.60 Å². The first-order valence-electron chi connectivity index (χ1n) is 11.8. The highest BCUT2D eigenvalue weighted by atomic mass is 17.3. The first-order valence-corrected chi connectivity index (χ1v) is 11.8. The Bertz CT molecular complexity index is 1130. The Morgan fingerprint density at radius 2 is 1.79 bits per heavy atom. The summed E-state index contributed by atoms with van der Waals surface area (Å²) in [6.45, 7) is 6.60. The second-order valence-electron chi connectivity index (χ2n) is 10.2. The Labute approximate surface area is 200 Å². The molecule has 4 atom stereocenters. The van der Waals surface area contributed by atoms with Crippen molar-refractivity contribution < 1.29 is 24.4 Å². The lowest BCUT2D eigenvalue weighted by Crippen LogP contribution is -2.77. The lowest BCUT2D eigenvalue weighted by molar-refractivity contribution is -0.547. The first kappa shape index (κ1) is 23.0. The van der Waals surface area contributed by atoms with Crippen LogP contribution in [0.15, 0.2) is 72.8 Å². The van der Waals surface area contributed by atoms with Gasteiger partial charge in [0.2, 0.25) is 5.79 Å². The Kier molecular flexibility index (Phi) is 5.52. The molecule has 1 amide bonds. The third-order valence-electron chi connectivity index (χ3n) is 7.62. The van der Waals surface area contributed by atoms with E-state index in [1.165, 1.54) is 0 Å². The molecule has 6 rings (SSSR count). The van der Waals surface area contributed by atoms with Crippen LogP contribution in [0.1, 0.15) is 55.1 Å². The summed E-state index contributed by atoms with van der Waals surface area (Å²) in [5.41, 5.74) is 0.461. The van der Waals surface area contributed by atoms with Gasteiger partial charge < -0.3 is 15.2 Å². The highest BCUT2D eigenvalue weighted by Crippen LogP contribution is 2.60. The molecule has 1 spiro atoms. The van der Waals surface area contributed by atoms with Crippen LogP contribution >= 0.6 is 0 Å². The average Bonchev–Trinajstić information content (AvgIpc) is 2.85. The number of benzene rings is 2. The average molecular weight is 462 g/mol. The van der Waals surface area contributed by atoms with Crippen molar-refractivity contribution in [2.75, 3.05) is 0 Å². The maximum Gasteiger partial charge on any atom is 0.251 e. The van der Waals surface area contributed by atoms with Gasteiger partial charge in [-0.3, -0.25) is 4.79 Å². The van der Waals surface area contributed by atoms with E-state index in [2.05, 4.69) is 19.2 Å². The molecule has 3 aliphatic heterocycles. The molecule has 1 saturated heterocycles. The largest absolute Gasteiger partial charge is 0.390 e. The van der Waals surface area contributed by atoms with Gasteiger partial charge in [-0.2, -0.15) is 4.89 Å². The Morgan fingerprint density at radius 1 is 1.06 bits per heavy atom. The summed E-state index contributed by atoms with van der Waals surface area (Å²) in [6, 6.07) is 17.1. The molecule has 2 aromatic rings. The molecule has 2 fully saturated rings. The van der Waals surface area contributed by atoms with Gasteiger partial charge in [-0.15, -0.1) is 0 Å². The molecule has 1 aliphatic carbocycles. The number of fused-ring (bicyclic) bond motifs is 1. The molecule has 2 aromatic carbocycles. The van der Waals surface area contributed by atoms with E-state index in [1.807, 2.05) is 67.6 Å². The van der Waals surface area contributed by atoms with Gasteiger partial charge in [-0.1, -0.05) is 62.4 Å². The predicted molar refractivity (Wildman–Crippen MR) is 128 cm³/mol. The molecule has 0 aromatic heterocycles. The Morgan fingerprint density at radius 3 is 2.47 bits per heavy atom. The van der Waals surface area contributed by atoms with Crippen LogP contribution in [0.3, 0.4) is 0 Å². The number of rotatable bonds is 5. The number of carbonyl (C=O) groups excluding carboxylic acids is 1. The first-order chi connectivity index (χ1) is 16.2. The molecule has 0 unspecified atom stereocenters. The summed E-state index contributed by atoms with van der Waals surface area (Å²) in [5.74, 6) is -1.35. The summed E-state index contributed by atoms with van der Waals surface area (Å²) in [6.07, 6.45) is 8.26. The number of amides is 1. The lowest BCUT2D eigenvalue weighted by atomic mass is 9.56. The third kappa shape index (κ3) is 3.62. The zero-order chi connectivity index (χ0) is 24.0. The normalized spacial score (nSPS) is 33.6. The topological polar surface area (TPSA) is 77.0 Å². The molecule has 6 heteroatoms. The number of aliphatic hydroxyl groups excluding tert-OH is 1. The molecule has 178 valence electrons. The fraction of sp³-hybridized carbons (Fsp3) is 0.393. The van der Waals surface area contributed by atoms with E-state index in [-0.39, 0.29) is 11.3 Å². The number of hydrogen-bond donors (Lipinski definition) is 2. The van der Waals surface area contributed by atoms with Crippen LogP contribution in [0.2, 0.25) is 0 Å². The molecular weight excluding hydrogens is 430 g/mol. The minimum Gasteiger partial charge on any atom is -0.390 e. The second-order valence-corrected chi connectivity index (χ2v) is 10.2. The molecule has 34 heavy (non-hydrogen) atoms. The number of ether oxygens (including phenoxy) is 1. The molecule has 4 aliphatic rings. The molecule has 6 nitrogen and oxygen atoms in total. The fourth-order valence-corrected chi connectivity index (χ4v) is 5.37. The van der Waals surface area contributed by atoms with E-state index in [9.17, 15) is 9.90 Å². The van der Waals surface area contributed by atoms with Gasteiger partial charge in [-0.25, -0.2) is 4.89 Å². The maximum absolute atomic E-state index is 12.5. The van der Waals surface area contributed by atoms with E-state index < -0.39 is 23.1 Å². The standard InChI is InChI=1S/C28H31NO5/c1-25(2)15-14-23(30)26(3)28(25)18-17-27(32-26,33-34-28)16-13-20-9-11-22(12-10-20)24(31)29-19-21-7-5-4-6-8-21/h4-13,16-18,23,30H,14-15,19H2,1-3H3,(H,29,31)/b16-13+/t23-,26-,27+,28+/m0/s1. The van der Waals surface area contributed by atoms with Gasteiger partial charge in [0, 0.05) is 17.5 Å². The molecule has 2 N–H and O–H groups in total. The SMILES string of the molecule is CC1(C)CC[C@H](O)[C@]2(C)O[C@@]3(/C=C/c4ccc(C(=O)NCc5ccccc5)cc4)C=C[C@@]12OO3. The maximum atomic E-state index is 12.5. The van der Waals surface area contributed by atoms with Crippen molar-refractivity contribution in [3.05, 3.63) is 89.5 Å². The van der Waals surface area contributed by atoms with Gasteiger partial charge in [0.05, 0.1) is 6.10 Å². The zero-order valence-corrected chi connectivity index (χ0v) is 19.8. The van der Waals surface area contributed by atoms with Crippen molar-refractivity contribution in [3.8, 4) is 0 Å². The van der Waals surface area contributed by atoms with E-state index >= 15 is 0 Å². The van der Waals surface area contributed by atoms with Crippen molar-refractivity contribution in [3.63, 3.8) is 0 Å². The van der Waals surface area contributed by atoms with E-state index in [4.69, 9.17) is 14.5 Å². The van der Waals surface area contributed by atoms with Crippen LogP contribution in [0, 0.1) is 5.41 Å². The van der Waals surface area contributed by atoms with Crippen molar-refractivity contribution in [1.82, 2.24) is 5.32 Å². The molecule has 1 saturated carbocycles. The van der Waals surface area contributed by atoms with E-state index in [0.717, 1.165) is 17.5 Å².